The number of aromatic amines is 1. The van der Waals surface area contributed by atoms with Crippen molar-refractivity contribution in [2.24, 2.45) is 5.84 Å². The van der Waals surface area contributed by atoms with Crippen LogP contribution in [0, 0.1) is 6.92 Å². The SMILES string of the molecule is Cc1cc(CC(=O)NN)[nH]n1. The lowest BCUT2D eigenvalue weighted by Crippen LogP contribution is -2.31. The molecule has 0 aliphatic rings. The topological polar surface area (TPSA) is 83.8 Å². The molecular formula is C6H10N4O. The Hall–Kier alpha value is -1.36. The van der Waals surface area contributed by atoms with Crippen molar-refractivity contribution in [3.05, 3.63) is 17.5 Å². The van der Waals surface area contributed by atoms with Crippen molar-refractivity contribution in [2.45, 2.75) is 13.3 Å². The van der Waals surface area contributed by atoms with Crippen molar-refractivity contribution in [3.8, 4) is 0 Å². The minimum atomic E-state index is -0.228. The Bertz CT molecular complexity index is 255. The van der Waals surface area contributed by atoms with E-state index in [2.05, 4.69) is 10.2 Å². The third kappa shape index (κ3) is 2.05. The summed E-state index contributed by atoms with van der Waals surface area (Å²) < 4.78 is 0. The van der Waals surface area contributed by atoms with E-state index in [1.807, 2.05) is 12.3 Å². The van der Waals surface area contributed by atoms with E-state index >= 15 is 0 Å². The number of H-pyrrole nitrogens is 1. The Labute approximate surface area is 63.9 Å². The van der Waals surface area contributed by atoms with Gasteiger partial charge in [0.25, 0.3) is 0 Å². The lowest BCUT2D eigenvalue weighted by molar-refractivity contribution is -0.120. The first-order valence-corrected chi connectivity index (χ1v) is 3.22. The standard InChI is InChI=1S/C6H10N4O/c1-4-2-5(10-9-4)3-6(11)8-7/h2H,3,7H2,1H3,(H,8,11)(H,9,10). The maximum Gasteiger partial charge on any atom is 0.239 e. The molecule has 0 saturated heterocycles. The molecule has 0 atom stereocenters. The van der Waals surface area contributed by atoms with E-state index in [1.165, 1.54) is 0 Å². The van der Waals surface area contributed by atoms with Gasteiger partial charge in [-0.25, -0.2) is 5.84 Å². The maximum atomic E-state index is 10.7. The van der Waals surface area contributed by atoms with Crippen LogP contribution in [0.5, 0.6) is 0 Å². The zero-order valence-corrected chi connectivity index (χ0v) is 6.22. The van der Waals surface area contributed by atoms with Gasteiger partial charge in [0, 0.05) is 5.69 Å². The summed E-state index contributed by atoms with van der Waals surface area (Å²) in [5.74, 6) is 4.66. The number of nitrogens with one attached hydrogen (secondary N) is 2. The maximum absolute atomic E-state index is 10.7. The molecule has 0 bridgehead atoms. The molecule has 0 saturated carbocycles. The van der Waals surface area contributed by atoms with Crippen LogP contribution in [0.2, 0.25) is 0 Å². The lowest BCUT2D eigenvalue weighted by atomic mass is 10.3. The predicted molar refractivity (Wildman–Crippen MR) is 39.4 cm³/mol. The van der Waals surface area contributed by atoms with E-state index < -0.39 is 0 Å². The van der Waals surface area contributed by atoms with Gasteiger partial charge in [-0.1, -0.05) is 0 Å². The minimum Gasteiger partial charge on any atom is -0.294 e. The van der Waals surface area contributed by atoms with Gasteiger partial charge in [0.1, 0.15) is 0 Å². The number of aromatic nitrogens is 2. The fourth-order valence-corrected chi connectivity index (χ4v) is 0.791. The van der Waals surface area contributed by atoms with E-state index in [1.54, 1.807) is 6.07 Å². The number of carbonyl (C=O) groups is 1. The fourth-order valence-electron chi connectivity index (χ4n) is 0.791. The molecular weight excluding hydrogens is 144 g/mol. The minimum absolute atomic E-state index is 0.228. The number of nitrogens with two attached hydrogens (primary N) is 1. The van der Waals surface area contributed by atoms with Crippen molar-refractivity contribution in [2.75, 3.05) is 0 Å². The Morgan fingerprint density at radius 2 is 2.64 bits per heavy atom. The highest BCUT2D eigenvalue weighted by Gasteiger charge is 2.02. The summed E-state index contributed by atoms with van der Waals surface area (Å²) in [7, 11) is 0. The molecule has 0 fully saturated rings. The van der Waals surface area contributed by atoms with Crippen molar-refractivity contribution < 1.29 is 4.79 Å². The smallest absolute Gasteiger partial charge is 0.239 e. The summed E-state index contributed by atoms with van der Waals surface area (Å²) in [5.41, 5.74) is 3.67. The average Bonchev–Trinajstić information content (AvgIpc) is 2.35. The lowest BCUT2D eigenvalue weighted by Gasteiger charge is -1.93. The molecule has 0 spiro atoms. The molecule has 4 N–H and O–H groups in total. The van der Waals surface area contributed by atoms with Crippen molar-refractivity contribution in [3.63, 3.8) is 0 Å². The number of carbonyl (C=O) groups excluding carboxylic acids is 1. The quantitative estimate of drug-likeness (QED) is 0.298. The number of hydrogen-bond acceptors (Lipinski definition) is 3. The van der Waals surface area contributed by atoms with Crippen molar-refractivity contribution >= 4 is 5.91 Å². The Balaban J connectivity index is 2.57. The molecule has 5 heteroatoms. The monoisotopic (exact) mass is 154 g/mol. The van der Waals surface area contributed by atoms with E-state index in [-0.39, 0.29) is 12.3 Å². The molecule has 1 rings (SSSR count). The summed E-state index contributed by atoms with van der Waals surface area (Å²) in [6.45, 7) is 1.85. The van der Waals surface area contributed by atoms with Gasteiger partial charge in [0.05, 0.1) is 12.1 Å². The van der Waals surface area contributed by atoms with Crippen molar-refractivity contribution in [1.29, 1.82) is 0 Å². The molecule has 1 amide bonds. The van der Waals surface area contributed by atoms with E-state index in [0.717, 1.165) is 11.4 Å². The molecule has 1 aromatic rings. The van der Waals surface area contributed by atoms with Gasteiger partial charge >= 0.3 is 0 Å². The van der Waals surface area contributed by atoms with Crippen LogP contribution in [-0.4, -0.2) is 16.1 Å². The van der Waals surface area contributed by atoms with Crippen LogP contribution >= 0.6 is 0 Å². The molecule has 1 aromatic heterocycles. The number of rotatable bonds is 2. The molecule has 11 heavy (non-hydrogen) atoms. The molecule has 0 radical (unpaired) electrons. The van der Waals surface area contributed by atoms with Gasteiger partial charge in [-0.05, 0) is 13.0 Å². The first-order valence-electron chi connectivity index (χ1n) is 3.22. The van der Waals surface area contributed by atoms with Gasteiger partial charge in [-0.3, -0.25) is 15.3 Å². The second-order valence-electron chi connectivity index (χ2n) is 2.28. The number of hydrogen-bond donors (Lipinski definition) is 3. The van der Waals surface area contributed by atoms with Gasteiger partial charge < -0.3 is 0 Å². The molecule has 0 aliphatic carbocycles. The molecule has 0 aromatic carbocycles. The summed E-state index contributed by atoms with van der Waals surface area (Å²) >= 11 is 0. The van der Waals surface area contributed by atoms with Gasteiger partial charge in [0.2, 0.25) is 5.91 Å². The van der Waals surface area contributed by atoms with Crippen LogP contribution in [-0.2, 0) is 11.2 Å². The second kappa shape index (κ2) is 3.16. The summed E-state index contributed by atoms with van der Waals surface area (Å²) in [6.07, 6.45) is 0.247. The van der Waals surface area contributed by atoms with Crippen LogP contribution in [0.15, 0.2) is 6.07 Å². The van der Waals surface area contributed by atoms with E-state index in [0.29, 0.717) is 0 Å². The Morgan fingerprint density at radius 1 is 1.91 bits per heavy atom. The van der Waals surface area contributed by atoms with Gasteiger partial charge in [0.15, 0.2) is 0 Å². The predicted octanol–water partition coefficient (Wildman–Crippen LogP) is -0.749. The number of aryl methyl sites for hydroxylation is 1. The normalized spacial score (nSPS) is 9.64. The molecule has 0 aliphatic heterocycles. The molecule has 60 valence electrons. The zero-order chi connectivity index (χ0) is 8.27. The first kappa shape index (κ1) is 7.74. The molecule has 1 heterocycles. The third-order valence-corrected chi connectivity index (χ3v) is 1.27. The number of nitrogens with zero attached hydrogens (tertiary/aromatic N) is 1. The molecule has 5 nitrogen and oxygen atoms in total. The number of hydrazine groups is 1. The van der Waals surface area contributed by atoms with E-state index in [4.69, 9.17) is 5.84 Å². The average molecular weight is 154 g/mol. The van der Waals surface area contributed by atoms with Gasteiger partial charge in [-0.2, -0.15) is 5.10 Å². The van der Waals surface area contributed by atoms with Crippen LogP contribution < -0.4 is 11.3 Å². The van der Waals surface area contributed by atoms with Crippen LogP contribution in [0.25, 0.3) is 0 Å². The Kier molecular flexibility index (Phi) is 2.22. The summed E-state index contributed by atoms with van der Waals surface area (Å²) in [5, 5.41) is 6.56. The first-order chi connectivity index (χ1) is 5.22. The van der Waals surface area contributed by atoms with Crippen LogP contribution in [0.4, 0.5) is 0 Å². The summed E-state index contributed by atoms with van der Waals surface area (Å²) in [4.78, 5) is 10.7. The highest BCUT2D eigenvalue weighted by Crippen LogP contribution is 1.97. The van der Waals surface area contributed by atoms with Gasteiger partial charge in [-0.15, -0.1) is 0 Å². The molecule has 0 unspecified atom stereocenters. The Morgan fingerprint density at radius 3 is 3.09 bits per heavy atom. The third-order valence-electron chi connectivity index (χ3n) is 1.27. The highest BCUT2D eigenvalue weighted by atomic mass is 16.2. The second-order valence-corrected chi connectivity index (χ2v) is 2.28. The zero-order valence-electron chi connectivity index (χ0n) is 6.22. The van der Waals surface area contributed by atoms with Crippen LogP contribution in [0.1, 0.15) is 11.4 Å². The highest BCUT2D eigenvalue weighted by molar-refractivity contribution is 5.77. The van der Waals surface area contributed by atoms with E-state index in [9.17, 15) is 4.79 Å². The van der Waals surface area contributed by atoms with Crippen LogP contribution in [0.3, 0.4) is 0 Å². The fraction of sp³-hybridized carbons (Fsp3) is 0.333. The summed E-state index contributed by atoms with van der Waals surface area (Å²) in [6, 6.07) is 1.80. The largest absolute Gasteiger partial charge is 0.294 e. The van der Waals surface area contributed by atoms with Crippen molar-refractivity contribution in [1.82, 2.24) is 15.6 Å². The number of amides is 1.